The first-order valence-electron chi connectivity index (χ1n) is 7.66. The lowest BCUT2D eigenvalue weighted by atomic mass is 9.86. The van der Waals surface area contributed by atoms with Crippen molar-refractivity contribution in [1.82, 2.24) is 4.98 Å². The van der Waals surface area contributed by atoms with Gasteiger partial charge < -0.3 is 9.80 Å². The highest BCUT2D eigenvalue weighted by Gasteiger charge is 2.48. The molecule has 2 aromatic heterocycles. The Morgan fingerprint density at radius 2 is 2.18 bits per heavy atom. The molecule has 2 saturated heterocycles. The quantitative estimate of drug-likeness (QED) is 0.855. The Hall–Kier alpha value is -1.88. The van der Waals surface area contributed by atoms with E-state index in [0.29, 0.717) is 6.42 Å². The van der Waals surface area contributed by atoms with E-state index >= 15 is 0 Å². The molecule has 0 unspecified atom stereocenters. The molecule has 1 spiro atoms. The standard InChI is InChI=1S/C17H19N3OS/c1-13-3-2-4-15(18-13)19-7-6-17(11-19)9-16(21)20(12-17)14-5-8-22-10-14/h2-5,8,10H,6-7,9,11-12H2,1H3/t17-/m1/s1. The number of hydrogen-bond acceptors (Lipinski definition) is 4. The lowest BCUT2D eigenvalue weighted by molar-refractivity contribution is -0.117. The molecule has 2 aliphatic rings. The zero-order valence-electron chi connectivity index (χ0n) is 12.7. The van der Waals surface area contributed by atoms with Gasteiger partial charge in [-0.05, 0) is 36.9 Å². The van der Waals surface area contributed by atoms with Gasteiger partial charge in [-0.3, -0.25) is 4.79 Å². The fraction of sp³-hybridized carbons (Fsp3) is 0.412. The SMILES string of the molecule is Cc1cccc(N2CC[C@@]3(CC(=O)N(c4ccsc4)C3)C2)n1. The van der Waals surface area contributed by atoms with Gasteiger partial charge in [0.1, 0.15) is 5.82 Å². The molecule has 5 heteroatoms. The van der Waals surface area contributed by atoms with Gasteiger partial charge >= 0.3 is 0 Å². The number of nitrogens with zero attached hydrogens (tertiary/aromatic N) is 3. The lowest BCUT2D eigenvalue weighted by Gasteiger charge is -2.24. The van der Waals surface area contributed by atoms with Crippen molar-refractivity contribution in [2.45, 2.75) is 19.8 Å². The third-order valence-electron chi connectivity index (χ3n) is 4.77. The van der Waals surface area contributed by atoms with E-state index in [9.17, 15) is 4.79 Å². The molecule has 0 radical (unpaired) electrons. The molecular weight excluding hydrogens is 294 g/mol. The molecule has 0 saturated carbocycles. The van der Waals surface area contributed by atoms with Crippen LogP contribution in [-0.2, 0) is 4.79 Å². The summed E-state index contributed by atoms with van der Waals surface area (Å²) in [5.41, 5.74) is 2.18. The molecule has 2 aromatic rings. The van der Waals surface area contributed by atoms with Crippen LogP contribution in [0.5, 0.6) is 0 Å². The summed E-state index contributed by atoms with van der Waals surface area (Å²) in [5.74, 6) is 1.30. The normalized spacial score (nSPS) is 24.7. The predicted octanol–water partition coefficient (Wildman–Crippen LogP) is 3.08. The molecule has 2 fully saturated rings. The Balaban J connectivity index is 1.54. The maximum atomic E-state index is 12.4. The van der Waals surface area contributed by atoms with Crippen LogP contribution in [0, 0.1) is 12.3 Å². The summed E-state index contributed by atoms with van der Waals surface area (Å²) in [6.07, 6.45) is 1.72. The van der Waals surface area contributed by atoms with E-state index in [2.05, 4.69) is 27.4 Å². The summed E-state index contributed by atoms with van der Waals surface area (Å²) in [4.78, 5) is 21.3. The van der Waals surface area contributed by atoms with Crippen molar-refractivity contribution in [3.05, 3.63) is 40.7 Å². The fourth-order valence-electron chi connectivity index (χ4n) is 3.65. The number of hydrogen-bond donors (Lipinski definition) is 0. The second-order valence-electron chi connectivity index (χ2n) is 6.45. The van der Waals surface area contributed by atoms with Gasteiger partial charge in [0.25, 0.3) is 0 Å². The van der Waals surface area contributed by atoms with E-state index in [1.807, 2.05) is 29.3 Å². The summed E-state index contributed by atoms with van der Waals surface area (Å²) in [7, 11) is 0. The maximum Gasteiger partial charge on any atom is 0.227 e. The summed E-state index contributed by atoms with van der Waals surface area (Å²) in [6, 6.07) is 8.18. The number of aryl methyl sites for hydroxylation is 1. The van der Waals surface area contributed by atoms with Crippen LogP contribution in [0.4, 0.5) is 11.5 Å². The van der Waals surface area contributed by atoms with Crippen molar-refractivity contribution in [3.63, 3.8) is 0 Å². The van der Waals surface area contributed by atoms with Crippen LogP contribution >= 0.6 is 11.3 Å². The van der Waals surface area contributed by atoms with Crippen LogP contribution in [-0.4, -0.2) is 30.5 Å². The highest BCUT2D eigenvalue weighted by Crippen LogP contribution is 2.43. The number of aromatic nitrogens is 1. The van der Waals surface area contributed by atoms with E-state index < -0.39 is 0 Å². The summed E-state index contributed by atoms with van der Waals surface area (Å²) in [5, 5.41) is 4.09. The first kappa shape index (κ1) is 13.8. The van der Waals surface area contributed by atoms with Crippen molar-refractivity contribution in [3.8, 4) is 0 Å². The first-order chi connectivity index (χ1) is 10.7. The van der Waals surface area contributed by atoms with Crippen molar-refractivity contribution in [2.24, 2.45) is 5.41 Å². The number of carbonyl (C=O) groups is 1. The highest BCUT2D eigenvalue weighted by atomic mass is 32.1. The van der Waals surface area contributed by atoms with Gasteiger partial charge in [0, 0.05) is 42.5 Å². The minimum atomic E-state index is 0.0877. The molecule has 0 bridgehead atoms. The van der Waals surface area contributed by atoms with Crippen LogP contribution in [0.25, 0.3) is 0 Å². The average Bonchev–Trinajstić information content (AvgIpc) is 3.20. The lowest BCUT2D eigenvalue weighted by Crippen LogP contribution is -2.31. The van der Waals surface area contributed by atoms with Crippen LogP contribution in [0.2, 0.25) is 0 Å². The first-order valence-corrected chi connectivity index (χ1v) is 8.61. The van der Waals surface area contributed by atoms with Crippen LogP contribution in [0.15, 0.2) is 35.0 Å². The number of pyridine rings is 1. The smallest absolute Gasteiger partial charge is 0.227 e. The molecule has 0 aliphatic carbocycles. The van der Waals surface area contributed by atoms with E-state index in [0.717, 1.165) is 43.3 Å². The number of rotatable bonds is 2. The van der Waals surface area contributed by atoms with Crippen LogP contribution < -0.4 is 9.80 Å². The summed E-state index contributed by atoms with van der Waals surface area (Å²) < 4.78 is 0. The fourth-order valence-corrected chi connectivity index (χ4v) is 4.29. The largest absolute Gasteiger partial charge is 0.356 e. The number of carbonyl (C=O) groups excluding carboxylic acids is 1. The average molecular weight is 313 g/mol. The summed E-state index contributed by atoms with van der Waals surface area (Å²) in [6.45, 7) is 4.77. The molecule has 4 nitrogen and oxygen atoms in total. The molecule has 4 heterocycles. The van der Waals surface area contributed by atoms with Gasteiger partial charge in [0.05, 0.1) is 5.69 Å². The molecule has 1 atom stereocenters. The highest BCUT2D eigenvalue weighted by molar-refractivity contribution is 7.08. The van der Waals surface area contributed by atoms with Gasteiger partial charge in [0.15, 0.2) is 0 Å². The van der Waals surface area contributed by atoms with Gasteiger partial charge in [-0.2, -0.15) is 11.3 Å². The Kier molecular flexibility index (Phi) is 3.18. The Labute approximate surface area is 134 Å². The zero-order valence-corrected chi connectivity index (χ0v) is 13.5. The minimum Gasteiger partial charge on any atom is -0.356 e. The zero-order chi connectivity index (χ0) is 15.2. The molecule has 1 amide bonds. The molecule has 0 N–H and O–H groups in total. The van der Waals surface area contributed by atoms with E-state index in [1.165, 1.54) is 0 Å². The Morgan fingerprint density at radius 1 is 1.27 bits per heavy atom. The van der Waals surface area contributed by atoms with Crippen LogP contribution in [0.3, 0.4) is 0 Å². The van der Waals surface area contributed by atoms with Gasteiger partial charge in [0.2, 0.25) is 5.91 Å². The number of anilines is 2. The van der Waals surface area contributed by atoms with Gasteiger partial charge in [-0.1, -0.05) is 6.07 Å². The van der Waals surface area contributed by atoms with E-state index in [-0.39, 0.29) is 11.3 Å². The Morgan fingerprint density at radius 3 is 2.95 bits per heavy atom. The molecule has 2 aliphatic heterocycles. The van der Waals surface area contributed by atoms with Gasteiger partial charge in [-0.25, -0.2) is 4.98 Å². The van der Waals surface area contributed by atoms with Crippen molar-refractivity contribution in [2.75, 3.05) is 29.4 Å². The molecular formula is C17H19N3OS. The number of amides is 1. The molecule has 22 heavy (non-hydrogen) atoms. The summed E-state index contributed by atoms with van der Waals surface area (Å²) >= 11 is 1.64. The third-order valence-corrected chi connectivity index (χ3v) is 5.45. The van der Waals surface area contributed by atoms with Crippen LogP contribution in [0.1, 0.15) is 18.5 Å². The second kappa shape index (κ2) is 5.09. The molecule has 0 aromatic carbocycles. The second-order valence-corrected chi connectivity index (χ2v) is 7.23. The van der Waals surface area contributed by atoms with Crippen molar-refractivity contribution in [1.29, 1.82) is 0 Å². The third kappa shape index (κ3) is 2.29. The maximum absolute atomic E-state index is 12.4. The van der Waals surface area contributed by atoms with E-state index in [4.69, 9.17) is 0 Å². The molecule has 114 valence electrons. The van der Waals surface area contributed by atoms with E-state index in [1.54, 1.807) is 11.3 Å². The minimum absolute atomic E-state index is 0.0877. The van der Waals surface area contributed by atoms with Gasteiger partial charge in [-0.15, -0.1) is 0 Å². The Bertz CT molecular complexity index is 700. The van der Waals surface area contributed by atoms with Crippen molar-refractivity contribution < 1.29 is 4.79 Å². The molecule has 4 rings (SSSR count). The van der Waals surface area contributed by atoms with Crippen molar-refractivity contribution >= 4 is 28.7 Å². The topological polar surface area (TPSA) is 36.4 Å². The monoisotopic (exact) mass is 313 g/mol. The number of thiophene rings is 1. The predicted molar refractivity (Wildman–Crippen MR) is 89.5 cm³/mol.